The van der Waals surface area contributed by atoms with Gasteiger partial charge in [0.25, 0.3) is 0 Å². The third kappa shape index (κ3) is 2.02. The zero-order valence-electron chi connectivity index (χ0n) is 10.2. The van der Waals surface area contributed by atoms with E-state index in [-0.39, 0.29) is 0 Å². The Morgan fingerprint density at radius 1 is 0.938 bits per heavy atom. The minimum atomic E-state index is 0.841. The largest absolute Gasteiger partial charge is 0.311 e. The molecule has 3 saturated carbocycles. The monoisotopic (exact) mass is 220 g/mol. The van der Waals surface area contributed by atoms with E-state index in [2.05, 4.69) is 10.2 Å². The van der Waals surface area contributed by atoms with E-state index in [1.165, 1.54) is 58.2 Å². The summed E-state index contributed by atoms with van der Waals surface area (Å²) in [7, 11) is 0. The molecule has 0 aromatic heterocycles. The van der Waals surface area contributed by atoms with Crippen molar-refractivity contribution in [2.24, 2.45) is 17.8 Å². The van der Waals surface area contributed by atoms with E-state index in [1.807, 2.05) is 0 Å². The maximum absolute atomic E-state index is 3.83. The Kier molecular flexibility index (Phi) is 2.29. The molecule has 3 aliphatic carbocycles. The Hall–Kier alpha value is -0.0800. The van der Waals surface area contributed by atoms with Crippen molar-refractivity contribution in [3.05, 3.63) is 0 Å². The summed E-state index contributed by atoms with van der Waals surface area (Å²) in [6, 6.07) is 1.74. The van der Waals surface area contributed by atoms with Crippen molar-refractivity contribution in [3.63, 3.8) is 0 Å². The summed E-state index contributed by atoms with van der Waals surface area (Å²) in [5.74, 6) is 3.15. The summed E-state index contributed by atoms with van der Waals surface area (Å²) >= 11 is 0. The predicted molar refractivity (Wildman–Crippen MR) is 65.3 cm³/mol. The van der Waals surface area contributed by atoms with Crippen LogP contribution in [0.5, 0.6) is 0 Å². The van der Waals surface area contributed by atoms with Crippen molar-refractivity contribution in [2.45, 2.75) is 50.6 Å². The lowest BCUT2D eigenvalue weighted by molar-refractivity contribution is 0.103. The molecule has 1 heterocycles. The molecule has 4 fully saturated rings. The average molecular weight is 220 g/mol. The highest BCUT2D eigenvalue weighted by atomic mass is 15.2. The van der Waals surface area contributed by atoms with Gasteiger partial charge in [0.05, 0.1) is 0 Å². The minimum absolute atomic E-state index is 0.841. The van der Waals surface area contributed by atoms with Crippen LogP contribution in [-0.4, -0.2) is 36.6 Å². The van der Waals surface area contributed by atoms with Gasteiger partial charge in [-0.05, 0) is 56.3 Å². The molecule has 0 aromatic rings. The lowest BCUT2D eigenvalue weighted by atomic mass is 10.0. The maximum atomic E-state index is 3.83. The SMILES string of the molecule is C1CC1CN1CC(C2CC2)NCC1C1CC1. The Bertz CT molecular complexity index is 266. The van der Waals surface area contributed by atoms with Crippen molar-refractivity contribution in [3.8, 4) is 0 Å². The van der Waals surface area contributed by atoms with Crippen LogP contribution in [0.2, 0.25) is 0 Å². The van der Waals surface area contributed by atoms with E-state index in [1.54, 1.807) is 0 Å². The third-order valence-corrected chi connectivity index (χ3v) is 5.04. The standard InChI is InChI=1S/C14H24N2/c1-2-10(1)8-16-9-13(11-3-4-11)15-7-14(16)12-5-6-12/h10-15H,1-9H2. The van der Waals surface area contributed by atoms with Crippen LogP contribution in [0.15, 0.2) is 0 Å². The fourth-order valence-electron chi connectivity index (χ4n) is 3.46. The fraction of sp³-hybridized carbons (Fsp3) is 1.00. The molecule has 4 aliphatic rings. The summed E-state index contributed by atoms with van der Waals surface area (Å²) < 4.78 is 0. The molecule has 2 heteroatoms. The summed E-state index contributed by atoms with van der Waals surface area (Å²) in [5, 5.41) is 3.83. The molecule has 0 aromatic carbocycles. The van der Waals surface area contributed by atoms with Crippen molar-refractivity contribution in [1.82, 2.24) is 10.2 Å². The highest BCUT2D eigenvalue weighted by Gasteiger charge is 2.43. The first-order valence-electron chi connectivity index (χ1n) is 7.37. The molecule has 2 atom stereocenters. The van der Waals surface area contributed by atoms with E-state index in [9.17, 15) is 0 Å². The smallest absolute Gasteiger partial charge is 0.0249 e. The highest BCUT2D eigenvalue weighted by molar-refractivity contribution is 5.00. The Labute approximate surface area is 98.8 Å². The molecule has 4 rings (SSSR count). The molecule has 0 spiro atoms. The van der Waals surface area contributed by atoms with Crippen LogP contribution in [0.4, 0.5) is 0 Å². The zero-order chi connectivity index (χ0) is 10.5. The number of hydrogen-bond donors (Lipinski definition) is 1. The Balaban J connectivity index is 1.42. The van der Waals surface area contributed by atoms with Crippen molar-refractivity contribution in [2.75, 3.05) is 19.6 Å². The molecule has 1 saturated heterocycles. The van der Waals surface area contributed by atoms with Crippen LogP contribution in [0.25, 0.3) is 0 Å². The summed E-state index contributed by atoms with van der Waals surface area (Å²) in [6.07, 6.45) is 9.00. The number of piperazine rings is 1. The molecular formula is C14H24N2. The third-order valence-electron chi connectivity index (χ3n) is 5.04. The Morgan fingerprint density at radius 2 is 1.69 bits per heavy atom. The minimum Gasteiger partial charge on any atom is -0.311 e. The van der Waals surface area contributed by atoms with Crippen molar-refractivity contribution in [1.29, 1.82) is 0 Å². The lowest BCUT2D eigenvalue weighted by Crippen LogP contribution is -2.58. The van der Waals surface area contributed by atoms with E-state index in [0.29, 0.717) is 0 Å². The first-order chi connectivity index (χ1) is 7.90. The molecule has 16 heavy (non-hydrogen) atoms. The highest BCUT2D eigenvalue weighted by Crippen LogP contribution is 2.41. The molecule has 0 bridgehead atoms. The van der Waals surface area contributed by atoms with Gasteiger partial charge >= 0.3 is 0 Å². The average Bonchev–Trinajstić information content (AvgIpc) is 3.14. The van der Waals surface area contributed by atoms with Gasteiger partial charge in [0, 0.05) is 31.7 Å². The van der Waals surface area contributed by atoms with Gasteiger partial charge in [0.2, 0.25) is 0 Å². The topological polar surface area (TPSA) is 15.3 Å². The van der Waals surface area contributed by atoms with E-state index in [4.69, 9.17) is 0 Å². The molecule has 90 valence electrons. The van der Waals surface area contributed by atoms with Gasteiger partial charge in [0.1, 0.15) is 0 Å². The summed E-state index contributed by atoms with van der Waals surface area (Å²) in [5.41, 5.74) is 0. The lowest BCUT2D eigenvalue weighted by Gasteiger charge is -2.41. The van der Waals surface area contributed by atoms with Crippen LogP contribution in [0, 0.1) is 17.8 Å². The molecule has 2 nitrogen and oxygen atoms in total. The Morgan fingerprint density at radius 3 is 2.31 bits per heavy atom. The van der Waals surface area contributed by atoms with Gasteiger partial charge in [-0.3, -0.25) is 4.90 Å². The fourth-order valence-corrected chi connectivity index (χ4v) is 3.46. The van der Waals surface area contributed by atoms with E-state index < -0.39 is 0 Å². The second kappa shape index (κ2) is 3.71. The first-order valence-corrected chi connectivity index (χ1v) is 7.37. The van der Waals surface area contributed by atoms with Crippen molar-refractivity contribution >= 4 is 0 Å². The number of rotatable bonds is 4. The maximum Gasteiger partial charge on any atom is 0.0249 e. The van der Waals surface area contributed by atoms with Gasteiger partial charge in [-0.25, -0.2) is 0 Å². The van der Waals surface area contributed by atoms with Gasteiger partial charge in [-0.2, -0.15) is 0 Å². The molecule has 0 radical (unpaired) electrons. The van der Waals surface area contributed by atoms with Gasteiger partial charge in [-0.15, -0.1) is 0 Å². The van der Waals surface area contributed by atoms with Gasteiger partial charge in [-0.1, -0.05) is 0 Å². The molecule has 0 amide bonds. The van der Waals surface area contributed by atoms with Crippen LogP contribution in [0.1, 0.15) is 38.5 Å². The van der Waals surface area contributed by atoms with Crippen LogP contribution < -0.4 is 5.32 Å². The van der Waals surface area contributed by atoms with Gasteiger partial charge < -0.3 is 5.32 Å². The van der Waals surface area contributed by atoms with Crippen molar-refractivity contribution < 1.29 is 0 Å². The summed E-state index contributed by atoms with van der Waals surface area (Å²) in [6.45, 7) is 4.08. The second-order valence-corrected chi connectivity index (χ2v) is 6.65. The molecular weight excluding hydrogens is 196 g/mol. The number of nitrogens with one attached hydrogen (secondary N) is 1. The van der Waals surface area contributed by atoms with Crippen LogP contribution in [0.3, 0.4) is 0 Å². The van der Waals surface area contributed by atoms with Gasteiger partial charge in [0.15, 0.2) is 0 Å². The quantitative estimate of drug-likeness (QED) is 0.778. The van der Waals surface area contributed by atoms with E-state index in [0.717, 1.165) is 29.8 Å². The molecule has 1 aliphatic heterocycles. The van der Waals surface area contributed by atoms with E-state index >= 15 is 0 Å². The predicted octanol–water partition coefficient (Wildman–Crippen LogP) is 1.86. The first kappa shape index (κ1) is 9.90. The number of nitrogens with zero attached hydrogens (tertiary/aromatic N) is 1. The summed E-state index contributed by atoms with van der Waals surface area (Å²) in [4.78, 5) is 2.87. The van der Waals surface area contributed by atoms with Crippen LogP contribution in [-0.2, 0) is 0 Å². The number of hydrogen-bond acceptors (Lipinski definition) is 2. The second-order valence-electron chi connectivity index (χ2n) is 6.65. The van der Waals surface area contributed by atoms with Crippen LogP contribution >= 0.6 is 0 Å². The zero-order valence-corrected chi connectivity index (χ0v) is 10.2. The normalized spacial score (nSPS) is 41.2. The molecule has 1 N–H and O–H groups in total. The molecule has 2 unspecified atom stereocenters.